The van der Waals surface area contributed by atoms with Gasteiger partial charge >= 0.3 is 0 Å². The molecule has 0 atom stereocenters. The van der Waals surface area contributed by atoms with Crippen molar-refractivity contribution < 1.29 is 4.79 Å². The molecule has 3 heterocycles. The molecule has 0 saturated carbocycles. The van der Waals surface area contributed by atoms with E-state index >= 15 is 0 Å². The molecular weight excluding hydrogens is 308 g/mol. The van der Waals surface area contributed by atoms with Crippen molar-refractivity contribution in [2.75, 3.05) is 0 Å². The first-order valence-corrected chi connectivity index (χ1v) is 8.09. The molecule has 3 aromatic heterocycles. The number of carbonyl (C=O) groups excluding carboxylic acids is 1. The minimum atomic E-state index is -0.190. The van der Waals surface area contributed by atoms with Gasteiger partial charge in [0.2, 0.25) is 0 Å². The van der Waals surface area contributed by atoms with Crippen LogP contribution in [0.5, 0.6) is 0 Å². The highest BCUT2D eigenvalue weighted by atomic mass is 32.2. The van der Waals surface area contributed by atoms with Crippen LogP contribution in [0.25, 0.3) is 4.96 Å². The van der Waals surface area contributed by atoms with Gasteiger partial charge in [-0.2, -0.15) is 0 Å². The van der Waals surface area contributed by atoms with E-state index in [1.54, 1.807) is 10.6 Å². The van der Waals surface area contributed by atoms with Gasteiger partial charge in [0, 0.05) is 23.3 Å². The standard InChI is InChI=1S/C13H12N4O2S2/c1-2-3-8-6-10(19)15-12(14-8)21-11-9(7-18)17-4-5-20-13(17)16-11/h4-7H,2-3H2,1H3,(H,14,15,19). The number of rotatable bonds is 5. The number of imidazole rings is 1. The van der Waals surface area contributed by atoms with E-state index in [0.29, 0.717) is 15.9 Å². The summed E-state index contributed by atoms with van der Waals surface area (Å²) in [6, 6.07) is 1.50. The number of fused-ring (bicyclic) bond motifs is 1. The molecule has 0 aliphatic rings. The summed E-state index contributed by atoms with van der Waals surface area (Å²) < 4.78 is 1.73. The number of aromatic amines is 1. The molecule has 8 heteroatoms. The van der Waals surface area contributed by atoms with Gasteiger partial charge in [0.25, 0.3) is 5.56 Å². The Morgan fingerprint density at radius 3 is 3.10 bits per heavy atom. The van der Waals surface area contributed by atoms with Crippen molar-refractivity contribution in [3.8, 4) is 0 Å². The number of aldehydes is 1. The van der Waals surface area contributed by atoms with Crippen molar-refractivity contribution in [3.05, 3.63) is 39.4 Å². The molecule has 21 heavy (non-hydrogen) atoms. The Morgan fingerprint density at radius 1 is 1.48 bits per heavy atom. The Morgan fingerprint density at radius 2 is 2.33 bits per heavy atom. The lowest BCUT2D eigenvalue weighted by Crippen LogP contribution is -2.10. The molecule has 0 fully saturated rings. The molecule has 0 bridgehead atoms. The van der Waals surface area contributed by atoms with Gasteiger partial charge in [-0.1, -0.05) is 13.3 Å². The van der Waals surface area contributed by atoms with Gasteiger partial charge < -0.3 is 4.98 Å². The Balaban J connectivity index is 1.99. The van der Waals surface area contributed by atoms with Crippen LogP contribution in [0.4, 0.5) is 0 Å². The van der Waals surface area contributed by atoms with Crippen LogP contribution in [-0.4, -0.2) is 25.6 Å². The van der Waals surface area contributed by atoms with E-state index in [-0.39, 0.29) is 5.56 Å². The number of thiazole rings is 1. The monoisotopic (exact) mass is 320 g/mol. The molecule has 1 N–H and O–H groups in total. The summed E-state index contributed by atoms with van der Waals surface area (Å²) in [5.74, 6) is 0. The van der Waals surface area contributed by atoms with Crippen LogP contribution >= 0.6 is 23.1 Å². The number of H-pyrrole nitrogens is 1. The fourth-order valence-electron chi connectivity index (χ4n) is 1.97. The molecule has 0 amide bonds. The third kappa shape index (κ3) is 2.77. The smallest absolute Gasteiger partial charge is 0.251 e. The molecule has 3 aromatic rings. The quantitative estimate of drug-likeness (QED) is 0.577. The lowest BCUT2D eigenvalue weighted by molar-refractivity contribution is 0.111. The number of aromatic nitrogens is 4. The maximum Gasteiger partial charge on any atom is 0.251 e. The van der Waals surface area contributed by atoms with Crippen LogP contribution < -0.4 is 5.56 Å². The fraction of sp³-hybridized carbons (Fsp3) is 0.231. The lowest BCUT2D eigenvalue weighted by atomic mass is 10.2. The zero-order valence-electron chi connectivity index (χ0n) is 11.2. The van der Waals surface area contributed by atoms with Crippen LogP contribution in [0.3, 0.4) is 0 Å². The van der Waals surface area contributed by atoms with Crippen LogP contribution in [-0.2, 0) is 6.42 Å². The van der Waals surface area contributed by atoms with Gasteiger partial charge in [-0.05, 0) is 18.2 Å². The largest absolute Gasteiger partial charge is 0.301 e. The maximum atomic E-state index is 11.7. The second-order valence-corrected chi connectivity index (χ2v) is 6.22. The number of nitrogens with one attached hydrogen (secondary N) is 1. The van der Waals surface area contributed by atoms with Crippen LogP contribution in [0.2, 0.25) is 0 Å². The highest BCUT2D eigenvalue weighted by Gasteiger charge is 2.15. The Labute approximate surface area is 128 Å². The van der Waals surface area contributed by atoms with Crippen LogP contribution in [0, 0.1) is 0 Å². The predicted molar refractivity (Wildman–Crippen MR) is 81.4 cm³/mol. The van der Waals surface area contributed by atoms with Crippen molar-refractivity contribution in [2.24, 2.45) is 0 Å². The molecule has 108 valence electrons. The first-order valence-electron chi connectivity index (χ1n) is 6.40. The second-order valence-electron chi connectivity index (χ2n) is 4.37. The third-order valence-electron chi connectivity index (χ3n) is 2.85. The molecule has 3 rings (SSSR count). The van der Waals surface area contributed by atoms with E-state index in [1.165, 1.54) is 29.2 Å². The van der Waals surface area contributed by atoms with Gasteiger partial charge in [0.05, 0.1) is 0 Å². The van der Waals surface area contributed by atoms with Gasteiger partial charge in [-0.3, -0.25) is 14.0 Å². The highest BCUT2D eigenvalue weighted by Crippen LogP contribution is 2.28. The predicted octanol–water partition coefficient (Wildman–Crippen LogP) is 2.40. The Bertz CT molecular complexity index is 849. The summed E-state index contributed by atoms with van der Waals surface area (Å²) in [5.41, 5.74) is 1.03. The zero-order chi connectivity index (χ0) is 14.8. The van der Waals surface area contributed by atoms with Crippen molar-refractivity contribution >= 4 is 34.3 Å². The third-order valence-corrected chi connectivity index (χ3v) is 4.49. The summed E-state index contributed by atoms with van der Waals surface area (Å²) in [6.07, 6.45) is 4.23. The molecule has 0 radical (unpaired) electrons. The van der Waals surface area contributed by atoms with Crippen molar-refractivity contribution in [1.82, 2.24) is 19.4 Å². The van der Waals surface area contributed by atoms with E-state index in [2.05, 4.69) is 15.0 Å². The topological polar surface area (TPSA) is 80.1 Å². The first-order chi connectivity index (χ1) is 10.2. The molecule has 0 aliphatic carbocycles. The summed E-state index contributed by atoms with van der Waals surface area (Å²) >= 11 is 2.65. The van der Waals surface area contributed by atoms with Gasteiger partial charge in [-0.15, -0.1) is 11.3 Å². The second kappa shape index (κ2) is 5.82. The molecule has 0 unspecified atom stereocenters. The minimum Gasteiger partial charge on any atom is -0.301 e. The Hall–Kier alpha value is -1.93. The summed E-state index contributed by atoms with van der Waals surface area (Å²) in [7, 11) is 0. The van der Waals surface area contributed by atoms with E-state index in [4.69, 9.17) is 0 Å². The molecule has 0 aliphatic heterocycles. The molecule has 6 nitrogen and oxygen atoms in total. The number of hydrogen-bond donors (Lipinski definition) is 1. The Kier molecular flexibility index (Phi) is 3.89. The van der Waals surface area contributed by atoms with Gasteiger partial charge in [0.1, 0.15) is 10.7 Å². The lowest BCUT2D eigenvalue weighted by Gasteiger charge is -2.01. The van der Waals surface area contributed by atoms with E-state index in [1.807, 2.05) is 12.3 Å². The molecule has 0 aromatic carbocycles. The first kappa shape index (κ1) is 14.0. The van der Waals surface area contributed by atoms with Crippen LogP contribution in [0.1, 0.15) is 29.5 Å². The molecule has 0 spiro atoms. The van der Waals surface area contributed by atoms with Gasteiger partial charge in [-0.25, -0.2) is 9.97 Å². The minimum absolute atomic E-state index is 0.190. The number of hydrogen-bond acceptors (Lipinski definition) is 6. The van der Waals surface area contributed by atoms with E-state index < -0.39 is 0 Å². The molecule has 0 saturated heterocycles. The number of carbonyl (C=O) groups is 1. The summed E-state index contributed by atoms with van der Waals surface area (Å²) in [6.45, 7) is 2.03. The average molecular weight is 320 g/mol. The normalized spacial score (nSPS) is 11.1. The SMILES string of the molecule is CCCc1cc(=O)[nH]c(Sc2nc3sccn3c2C=O)n1. The van der Waals surface area contributed by atoms with Gasteiger partial charge in [0.15, 0.2) is 16.4 Å². The number of nitrogens with zero attached hydrogens (tertiary/aromatic N) is 3. The summed E-state index contributed by atoms with van der Waals surface area (Å²) in [4.78, 5) is 35.1. The van der Waals surface area contributed by atoms with Crippen molar-refractivity contribution in [2.45, 2.75) is 29.9 Å². The fourth-order valence-corrected chi connectivity index (χ4v) is 3.63. The average Bonchev–Trinajstić information content (AvgIpc) is 2.98. The van der Waals surface area contributed by atoms with Crippen molar-refractivity contribution in [1.29, 1.82) is 0 Å². The van der Waals surface area contributed by atoms with Crippen LogP contribution in [0.15, 0.2) is 32.6 Å². The summed E-state index contributed by atoms with van der Waals surface area (Å²) in [5, 5.41) is 2.87. The zero-order valence-corrected chi connectivity index (χ0v) is 12.8. The molecular formula is C13H12N4O2S2. The van der Waals surface area contributed by atoms with Crippen molar-refractivity contribution in [3.63, 3.8) is 0 Å². The van der Waals surface area contributed by atoms with E-state index in [9.17, 15) is 9.59 Å². The van der Waals surface area contributed by atoms with E-state index in [0.717, 1.165) is 29.8 Å². The number of aryl methyl sites for hydroxylation is 1. The maximum absolute atomic E-state index is 11.7. The highest BCUT2D eigenvalue weighted by molar-refractivity contribution is 7.99.